The fraction of sp³-hybridized carbons (Fsp3) is 0.562. The number of nitrogens with zero attached hydrogens (tertiary/aromatic N) is 5. The van der Waals surface area contributed by atoms with E-state index in [1.807, 2.05) is 18.7 Å². The summed E-state index contributed by atoms with van der Waals surface area (Å²) in [5, 5.41) is 11.8. The first-order valence-corrected chi connectivity index (χ1v) is 7.98. The SMILES string of the molecule is Cc1noc([C@]23CCC[C@H]2CN(C(=O)c2ccnnc2C)C3)n1. The van der Waals surface area contributed by atoms with Gasteiger partial charge in [-0.15, -0.1) is 0 Å². The van der Waals surface area contributed by atoms with Crippen LogP contribution >= 0.6 is 0 Å². The number of carbonyl (C=O) groups excluding carboxylic acids is 1. The molecule has 1 amide bonds. The van der Waals surface area contributed by atoms with Gasteiger partial charge < -0.3 is 9.42 Å². The molecule has 4 rings (SSSR count). The van der Waals surface area contributed by atoms with E-state index < -0.39 is 0 Å². The Labute approximate surface area is 134 Å². The second kappa shape index (κ2) is 5.11. The molecule has 2 aromatic rings. The Morgan fingerprint density at radius 2 is 2.30 bits per heavy atom. The number of aromatic nitrogens is 4. The van der Waals surface area contributed by atoms with E-state index in [9.17, 15) is 4.79 Å². The largest absolute Gasteiger partial charge is 0.339 e. The van der Waals surface area contributed by atoms with E-state index in [1.54, 1.807) is 12.3 Å². The summed E-state index contributed by atoms with van der Waals surface area (Å²) in [7, 11) is 0. The Bertz CT molecular complexity index is 758. The van der Waals surface area contributed by atoms with E-state index in [0.717, 1.165) is 25.8 Å². The minimum atomic E-state index is -0.175. The molecule has 7 nitrogen and oxygen atoms in total. The first-order chi connectivity index (χ1) is 11.1. The van der Waals surface area contributed by atoms with Crippen molar-refractivity contribution in [1.82, 2.24) is 25.2 Å². The van der Waals surface area contributed by atoms with Crippen LogP contribution in [0, 0.1) is 19.8 Å². The molecule has 2 aromatic heterocycles. The van der Waals surface area contributed by atoms with E-state index in [-0.39, 0.29) is 11.3 Å². The van der Waals surface area contributed by atoms with Gasteiger partial charge in [0, 0.05) is 13.1 Å². The first-order valence-electron chi connectivity index (χ1n) is 7.98. The van der Waals surface area contributed by atoms with Gasteiger partial charge in [0.1, 0.15) is 0 Å². The summed E-state index contributed by atoms with van der Waals surface area (Å²) in [4.78, 5) is 19.3. The second-order valence-corrected chi connectivity index (χ2v) is 6.61. The fourth-order valence-corrected chi connectivity index (χ4v) is 4.09. The van der Waals surface area contributed by atoms with Crippen LogP contribution in [0.3, 0.4) is 0 Å². The van der Waals surface area contributed by atoms with E-state index in [2.05, 4.69) is 20.3 Å². The van der Waals surface area contributed by atoms with Crippen molar-refractivity contribution in [3.63, 3.8) is 0 Å². The van der Waals surface area contributed by atoms with Crippen LogP contribution < -0.4 is 0 Å². The number of fused-ring (bicyclic) bond motifs is 1. The normalized spacial score (nSPS) is 26.5. The third kappa shape index (κ3) is 2.14. The number of hydrogen-bond acceptors (Lipinski definition) is 6. The molecule has 0 N–H and O–H groups in total. The number of carbonyl (C=O) groups is 1. The van der Waals surface area contributed by atoms with Gasteiger partial charge in [-0.25, -0.2) is 0 Å². The lowest BCUT2D eigenvalue weighted by molar-refractivity contribution is 0.0773. The quantitative estimate of drug-likeness (QED) is 0.838. The molecule has 0 spiro atoms. The molecule has 0 unspecified atom stereocenters. The van der Waals surface area contributed by atoms with Crippen LogP contribution in [-0.4, -0.2) is 44.2 Å². The van der Waals surface area contributed by atoms with Gasteiger partial charge in [0.15, 0.2) is 5.82 Å². The molecule has 2 aliphatic rings. The average molecular weight is 313 g/mol. The lowest BCUT2D eigenvalue weighted by Gasteiger charge is -2.24. The van der Waals surface area contributed by atoms with Crippen molar-refractivity contribution < 1.29 is 9.32 Å². The third-order valence-corrected chi connectivity index (χ3v) is 5.25. The van der Waals surface area contributed by atoms with Crippen LogP contribution in [-0.2, 0) is 5.41 Å². The predicted molar refractivity (Wildman–Crippen MR) is 80.7 cm³/mol. The van der Waals surface area contributed by atoms with Crippen LogP contribution in [0.4, 0.5) is 0 Å². The zero-order valence-electron chi connectivity index (χ0n) is 13.3. The van der Waals surface area contributed by atoms with E-state index in [1.165, 1.54) is 0 Å². The summed E-state index contributed by atoms with van der Waals surface area (Å²) in [6.45, 7) is 5.02. The van der Waals surface area contributed by atoms with Gasteiger partial charge >= 0.3 is 0 Å². The monoisotopic (exact) mass is 313 g/mol. The van der Waals surface area contributed by atoms with Crippen molar-refractivity contribution in [3.05, 3.63) is 35.2 Å². The minimum Gasteiger partial charge on any atom is -0.339 e. The Kier molecular flexibility index (Phi) is 3.18. The second-order valence-electron chi connectivity index (χ2n) is 6.61. The van der Waals surface area contributed by atoms with Gasteiger partial charge in [-0.1, -0.05) is 11.6 Å². The topological polar surface area (TPSA) is 85.0 Å². The van der Waals surface area contributed by atoms with Crippen LogP contribution in [0.15, 0.2) is 16.8 Å². The predicted octanol–water partition coefficient (Wildman–Crippen LogP) is 1.67. The highest BCUT2D eigenvalue weighted by Gasteiger charge is 2.55. The van der Waals surface area contributed by atoms with Gasteiger partial charge in [0.05, 0.1) is 22.9 Å². The van der Waals surface area contributed by atoms with Crippen molar-refractivity contribution in [1.29, 1.82) is 0 Å². The molecule has 0 radical (unpaired) electrons. The van der Waals surface area contributed by atoms with Crippen LogP contribution in [0.5, 0.6) is 0 Å². The lowest BCUT2D eigenvalue weighted by Crippen LogP contribution is -2.35. The van der Waals surface area contributed by atoms with Crippen molar-refractivity contribution in [2.75, 3.05) is 13.1 Å². The Hall–Kier alpha value is -2.31. The molecule has 1 saturated carbocycles. The number of likely N-dealkylation sites (tertiary alicyclic amines) is 1. The lowest BCUT2D eigenvalue weighted by atomic mass is 9.80. The van der Waals surface area contributed by atoms with Gasteiger partial charge in [0.2, 0.25) is 5.89 Å². The van der Waals surface area contributed by atoms with Gasteiger partial charge in [0.25, 0.3) is 5.91 Å². The smallest absolute Gasteiger partial charge is 0.255 e. The molecule has 120 valence electrons. The maximum absolute atomic E-state index is 12.9. The third-order valence-electron chi connectivity index (χ3n) is 5.25. The molecule has 0 aromatic carbocycles. The molecule has 0 bridgehead atoms. The molecule has 7 heteroatoms. The zero-order valence-corrected chi connectivity index (χ0v) is 13.3. The highest BCUT2D eigenvalue weighted by Crippen LogP contribution is 2.50. The molecule has 2 atom stereocenters. The number of rotatable bonds is 2. The molecular formula is C16H19N5O2. The molecule has 1 aliphatic carbocycles. The first kappa shape index (κ1) is 14.3. The Morgan fingerprint density at radius 3 is 3.04 bits per heavy atom. The minimum absolute atomic E-state index is 0.0161. The van der Waals surface area contributed by atoms with E-state index in [0.29, 0.717) is 35.4 Å². The van der Waals surface area contributed by atoms with Gasteiger partial charge in [-0.05, 0) is 38.7 Å². The molecular weight excluding hydrogens is 294 g/mol. The standard InChI is InChI=1S/C16H19N5O2/c1-10-13(5-7-17-19-10)14(22)21-8-12-4-3-6-16(12,9-21)15-18-11(2)20-23-15/h5,7,12H,3-4,6,8-9H2,1-2H3/t12-,16-/m0/s1. The number of aryl methyl sites for hydroxylation is 2. The van der Waals surface area contributed by atoms with Crippen LogP contribution in [0.2, 0.25) is 0 Å². The summed E-state index contributed by atoms with van der Waals surface area (Å²) < 4.78 is 5.49. The highest BCUT2D eigenvalue weighted by atomic mass is 16.5. The summed E-state index contributed by atoms with van der Waals surface area (Å²) in [5.74, 6) is 1.75. The summed E-state index contributed by atoms with van der Waals surface area (Å²) in [6, 6.07) is 1.74. The van der Waals surface area contributed by atoms with Crippen molar-refractivity contribution in [2.24, 2.45) is 5.92 Å². The summed E-state index contributed by atoms with van der Waals surface area (Å²) >= 11 is 0. The van der Waals surface area contributed by atoms with Gasteiger partial charge in [-0.2, -0.15) is 15.2 Å². The molecule has 1 aliphatic heterocycles. The van der Waals surface area contributed by atoms with E-state index >= 15 is 0 Å². The summed E-state index contributed by atoms with van der Waals surface area (Å²) in [5.41, 5.74) is 1.11. The fourth-order valence-electron chi connectivity index (χ4n) is 4.09. The average Bonchev–Trinajstić information content (AvgIpc) is 3.20. The van der Waals surface area contributed by atoms with Crippen molar-refractivity contribution >= 4 is 5.91 Å². The van der Waals surface area contributed by atoms with Crippen molar-refractivity contribution in [2.45, 2.75) is 38.5 Å². The Morgan fingerprint density at radius 1 is 1.43 bits per heavy atom. The maximum Gasteiger partial charge on any atom is 0.255 e. The molecule has 3 heterocycles. The van der Waals surface area contributed by atoms with Crippen LogP contribution in [0.25, 0.3) is 0 Å². The van der Waals surface area contributed by atoms with Crippen molar-refractivity contribution in [3.8, 4) is 0 Å². The van der Waals surface area contributed by atoms with E-state index in [4.69, 9.17) is 4.52 Å². The van der Waals surface area contributed by atoms with Gasteiger partial charge in [-0.3, -0.25) is 4.79 Å². The number of hydrogen-bond donors (Lipinski definition) is 0. The Balaban J connectivity index is 1.65. The highest BCUT2D eigenvalue weighted by molar-refractivity contribution is 5.95. The summed E-state index contributed by atoms with van der Waals surface area (Å²) in [6.07, 6.45) is 4.80. The number of amides is 1. The molecule has 2 fully saturated rings. The molecule has 23 heavy (non-hydrogen) atoms. The molecule has 1 saturated heterocycles. The van der Waals surface area contributed by atoms with Crippen LogP contribution in [0.1, 0.15) is 47.0 Å². The zero-order chi connectivity index (χ0) is 16.0. The maximum atomic E-state index is 12.9.